The molecular formula is C24H23Cl2N3O. The molecule has 6 heteroatoms. The Labute approximate surface area is 186 Å². The van der Waals surface area contributed by atoms with E-state index in [-0.39, 0.29) is 17.9 Å². The van der Waals surface area contributed by atoms with Gasteiger partial charge in [0.15, 0.2) is 0 Å². The van der Waals surface area contributed by atoms with Gasteiger partial charge in [-0.2, -0.15) is 0 Å². The number of aromatic amines is 1. The van der Waals surface area contributed by atoms with Crippen molar-refractivity contribution < 1.29 is 4.79 Å². The van der Waals surface area contributed by atoms with Gasteiger partial charge in [-0.05, 0) is 54.5 Å². The van der Waals surface area contributed by atoms with Crippen LogP contribution in [0.1, 0.15) is 29.8 Å². The van der Waals surface area contributed by atoms with Crippen molar-refractivity contribution in [1.82, 2.24) is 14.9 Å². The largest absolute Gasteiger partial charge is 0.348 e. The molecule has 154 valence electrons. The Morgan fingerprint density at radius 2 is 1.83 bits per heavy atom. The minimum atomic E-state index is -0.0641. The van der Waals surface area contributed by atoms with E-state index in [1.165, 1.54) is 5.69 Å². The van der Waals surface area contributed by atoms with Crippen molar-refractivity contribution in [1.29, 1.82) is 0 Å². The Balaban J connectivity index is 1.31. The van der Waals surface area contributed by atoms with Crippen molar-refractivity contribution in [2.24, 2.45) is 5.92 Å². The Hall–Kier alpha value is -2.30. The maximum absolute atomic E-state index is 13.2. The summed E-state index contributed by atoms with van der Waals surface area (Å²) < 4.78 is 0. The quantitative estimate of drug-likeness (QED) is 0.596. The number of imidazole rings is 1. The maximum atomic E-state index is 13.2. The topological polar surface area (TPSA) is 49.0 Å². The smallest absolute Gasteiger partial charge is 0.226 e. The molecule has 30 heavy (non-hydrogen) atoms. The standard InChI is InChI=1S/C24H23Cl2N3O/c25-20-11-17(15-4-2-1-3-5-15)12-21(26)19(20)10-16-8-9-29(24(16)30)18-6-7-22-23(13-18)28-14-27-22/h1-5,11-12,14,16,18H,6-10,13H2,(H,27,28). The van der Waals surface area contributed by atoms with Crippen LogP contribution in [0.25, 0.3) is 11.1 Å². The van der Waals surface area contributed by atoms with Gasteiger partial charge in [0.25, 0.3) is 0 Å². The van der Waals surface area contributed by atoms with E-state index < -0.39 is 0 Å². The number of fused-ring (bicyclic) bond motifs is 1. The highest BCUT2D eigenvalue weighted by molar-refractivity contribution is 6.36. The summed E-state index contributed by atoms with van der Waals surface area (Å²) in [6.07, 6.45) is 5.95. The number of aromatic nitrogens is 2. The van der Waals surface area contributed by atoms with E-state index >= 15 is 0 Å². The minimum absolute atomic E-state index is 0.0641. The summed E-state index contributed by atoms with van der Waals surface area (Å²) in [5.41, 5.74) is 5.26. The highest BCUT2D eigenvalue weighted by atomic mass is 35.5. The number of likely N-dealkylation sites (tertiary alicyclic amines) is 1. The lowest BCUT2D eigenvalue weighted by atomic mass is 9.94. The molecule has 2 atom stereocenters. The average Bonchev–Trinajstić information content (AvgIpc) is 3.37. The molecule has 2 unspecified atom stereocenters. The SMILES string of the molecule is O=C1C(Cc2c(Cl)cc(-c3ccccc3)cc2Cl)CCN1C1CCc2nc[nH]c2C1. The number of amides is 1. The van der Waals surface area contributed by atoms with Crippen molar-refractivity contribution in [3.63, 3.8) is 0 Å². The van der Waals surface area contributed by atoms with Gasteiger partial charge in [-0.25, -0.2) is 4.98 Å². The average molecular weight is 440 g/mol. The van der Waals surface area contributed by atoms with E-state index in [2.05, 4.69) is 14.9 Å². The third-order valence-corrected chi connectivity index (χ3v) is 7.13. The number of benzene rings is 2. The van der Waals surface area contributed by atoms with Crippen LogP contribution in [0.3, 0.4) is 0 Å². The van der Waals surface area contributed by atoms with Crippen LogP contribution in [0.5, 0.6) is 0 Å². The lowest BCUT2D eigenvalue weighted by Crippen LogP contribution is -2.41. The molecule has 0 saturated carbocycles. The van der Waals surface area contributed by atoms with E-state index in [0.29, 0.717) is 16.5 Å². The summed E-state index contributed by atoms with van der Waals surface area (Å²) in [6.45, 7) is 0.801. The third kappa shape index (κ3) is 3.63. The molecule has 1 saturated heterocycles. The van der Waals surface area contributed by atoms with Crippen molar-refractivity contribution in [2.75, 3.05) is 6.54 Å². The zero-order valence-electron chi connectivity index (χ0n) is 16.6. The molecule has 2 aromatic carbocycles. The first-order valence-electron chi connectivity index (χ1n) is 10.4. The second-order valence-electron chi connectivity index (χ2n) is 8.23. The van der Waals surface area contributed by atoms with Gasteiger partial charge in [-0.1, -0.05) is 53.5 Å². The van der Waals surface area contributed by atoms with Crippen LogP contribution in [0.4, 0.5) is 0 Å². The molecule has 0 bridgehead atoms. The number of nitrogens with zero attached hydrogens (tertiary/aromatic N) is 2. The zero-order chi connectivity index (χ0) is 20.7. The molecular weight excluding hydrogens is 417 g/mol. The Kier molecular flexibility index (Phi) is 5.30. The summed E-state index contributed by atoms with van der Waals surface area (Å²) >= 11 is 13.2. The van der Waals surface area contributed by atoms with Crippen LogP contribution in [0.15, 0.2) is 48.8 Å². The van der Waals surface area contributed by atoms with Crippen LogP contribution in [0.2, 0.25) is 10.0 Å². The molecule has 0 spiro atoms. The highest BCUT2D eigenvalue weighted by Gasteiger charge is 2.38. The lowest BCUT2D eigenvalue weighted by Gasteiger charge is -2.31. The van der Waals surface area contributed by atoms with E-state index in [1.54, 1.807) is 6.33 Å². The van der Waals surface area contributed by atoms with Crippen molar-refractivity contribution in [2.45, 2.75) is 38.1 Å². The Morgan fingerprint density at radius 1 is 1.07 bits per heavy atom. The summed E-state index contributed by atoms with van der Waals surface area (Å²) in [7, 11) is 0. The predicted octanol–water partition coefficient (Wildman–Crippen LogP) is 5.33. The van der Waals surface area contributed by atoms with Gasteiger partial charge in [-0.15, -0.1) is 0 Å². The van der Waals surface area contributed by atoms with E-state index in [4.69, 9.17) is 23.2 Å². The first-order valence-corrected chi connectivity index (χ1v) is 11.2. The van der Waals surface area contributed by atoms with Crippen LogP contribution < -0.4 is 0 Å². The molecule has 2 aliphatic rings. The van der Waals surface area contributed by atoms with Crippen molar-refractivity contribution >= 4 is 29.1 Å². The van der Waals surface area contributed by atoms with Gasteiger partial charge in [-0.3, -0.25) is 4.79 Å². The number of halogens is 2. The van der Waals surface area contributed by atoms with Crippen molar-refractivity contribution in [3.8, 4) is 11.1 Å². The number of hydrogen-bond donors (Lipinski definition) is 1. The first kappa shape index (κ1) is 19.7. The van der Waals surface area contributed by atoms with Gasteiger partial charge < -0.3 is 9.88 Å². The van der Waals surface area contributed by atoms with Crippen LogP contribution in [-0.2, 0) is 24.1 Å². The number of carbonyl (C=O) groups excluding carboxylic acids is 1. The molecule has 1 amide bonds. The van der Waals surface area contributed by atoms with Gasteiger partial charge >= 0.3 is 0 Å². The minimum Gasteiger partial charge on any atom is -0.348 e. The highest BCUT2D eigenvalue weighted by Crippen LogP contribution is 2.36. The molecule has 0 radical (unpaired) electrons. The second-order valence-corrected chi connectivity index (χ2v) is 9.04. The van der Waals surface area contributed by atoms with Crippen molar-refractivity contribution in [3.05, 3.63) is 75.8 Å². The summed E-state index contributed by atoms with van der Waals surface area (Å²) in [4.78, 5) is 22.8. The normalized spacial score (nSPS) is 21.1. The van der Waals surface area contributed by atoms with Gasteiger partial charge in [0, 0.05) is 40.7 Å². The second kappa shape index (κ2) is 8.09. The van der Waals surface area contributed by atoms with Gasteiger partial charge in [0.05, 0.1) is 12.0 Å². The fraction of sp³-hybridized carbons (Fsp3) is 0.333. The number of nitrogens with one attached hydrogen (secondary N) is 1. The predicted molar refractivity (Wildman–Crippen MR) is 120 cm³/mol. The number of hydrogen-bond acceptors (Lipinski definition) is 2. The molecule has 2 heterocycles. The number of H-pyrrole nitrogens is 1. The molecule has 3 aromatic rings. The fourth-order valence-electron chi connectivity index (χ4n) is 4.81. The zero-order valence-corrected chi connectivity index (χ0v) is 18.1. The first-order chi connectivity index (χ1) is 14.6. The van der Waals surface area contributed by atoms with E-state index in [0.717, 1.165) is 54.6 Å². The third-order valence-electron chi connectivity index (χ3n) is 6.45. The molecule has 1 aliphatic carbocycles. The van der Waals surface area contributed by atoms with E-state index in [1.807, 2.05) is 42.5 Å². The monoisotopic (exact) mass is 439 g/mol. The van der Waals surface area contributed by atoms with Crippen LogP contribution in [-0.4, -0.2) is 33.4 Å². The summed E-state index contributed by atoms with van der Waals surface area (Å²) in [6, 6.07) is 14.2. The molecule has 5 rings (SSSR count). The van der Waals surface area contributed by atoms with Crippen LogP contribution >= 0.6 is 23.2 Å². The maximum Gasteiger partial charge on any atom is 0.226 e. The summed E-state index contributed by atoms with van der Waals surface area (Å²) in [5, 5.41) is 1.26. The molecule has 1 aliphatic heterocycles. The number of rotatable bonds is 4. The molecule has 1 aromatic heterocycles. The lowest BCUT2D eigenvalue weighted by molar-refractivity contribution is -0.133. The fourth-order valence-corrected chi connectivity index (χ4v) is 5.45. The molecule has 1 fully saturated rings. The Bertz CT molecular complexity index is 1060. The summed E-state index contributed by atoms with van der Waals surface area (Å²) in [5.74, 6) is 0.160. The number of aryl methyl sites for hydroxylation is 1. The van der Waals surface area contributed by atoms with Crippen LogP contribution in [0, 0.1) is 5.92 Å². The van der Waals surface area contributed by atoms with Gasteiger partial charge in [0.1, 0.15) is 0 Å². The number of carbonyl (C=O) groups is 1. The molecule has 1 N–H and O–H groups in total. The van der Waals surface area contributed by atoms with Gasteiger partial charge in [0.2, 0.25) is 5.91 Å². The molecule has 4 nitrogen and oxygen atoms in total. The Morgan fingerprint density at radius 3 is 2.60 bits per heavy atom. The van der Waals surface area contributed by atoms with E-state index in [9.17, 15) is 4.79 Å².